The number of urea groups is 1. The third kappa shape index (κ3) is 5.89. The molecule has 0 aliphatic rings. The van der Waals surface area contributed by atoms with E-state index in [2.05, 4.69) is 15.6 Å². The molecule has 0 atom stereocenters. The lowest BCUT2D eigenvalue weighted by atomic mass is 10.1. The number of carboxylic acids is 1. The van der Waals surface area contributed by atoms with Crippen LogP contribution >= 0.6 is 0 Å². The van der Waals surface area contributed by atoms with Gasteiger partial charge in [0, 0.05) is 11.7 Å². The number of ether oxygens (including phenoxy) is 1. The molecule has 114 valence electrons. The van der Waals surface area contributed by atoms with Crippen LogP contribution in [0.3, 0.4) is 0 Å². The molecule has 0 aliphatic heterocycles. The number of aromatic carboxylic acids is 1. The van der Waals surface area contributed by atoms with Crippen LogP contribution in [0.2, 0.25) is 0 Å². The quantitative estimate of drug-likeness (QED) is 0.755. The minimum Gasteiger partial charge on any atom is -0.481 e. The summed E-state index contributed by atoms with van der Waals surface area (Å²) in [7, 11) is 0. The topological polar surface area (TPSA) is 118 Å². The minimum atomic E-state index is -1.20. The fourth-order valence-corrected chi connectivity index (χ4v) is 1.35. The van der Waals surface area contributed by atoms with Gasteiger partial charge in [-0.25, -0.2) is 9.59 Å². The summed E-state index contributed by atoms with van der Waals surface area (Å²) in [5, 5.41) is 13.5. The van der Waals surface area contributed by atoms with Gasteiger partial charge in [0.1, 0.15) is 5.56 Å². The maximum Gasteiger partial charge on any atom is 0.339 e. The zero-order valence-electron chi connectivity index (χ0n) is 12.0. The van der Waals surface area contributed by atoms with Crippen LogP contribution in [0.25, 0.3) is 0 Å². The molecule has 21 heavy (non-hydrogen) atoms. The number of carbonyl (C=O) groups excluding carboxylic acids is 2. The maximum atomic E-state index is 11.5. The van der Waals surface area contributed by atoms with Gasteiger partial charge >= 0.3 is 12.0 Å². The van der Waals surface area contributed by atoms with E-state index in [1.54, 1.807) is 20.8 Å². The lowest BCUT2D eigenvalue weighted by Gasteiger charge is -2.20. The molecule has 3 N–H and O–H groups in total. The molecule has 1 aromatic heterocycles. The predicted octanol–water partition coefficient (Wildman–Crippen LogP) is 0.783. The first-order chi connectivity index (χ1) is 9.69. The fourth-order valence-electron chi connectivity index (χ4n) is 1.35. The Labute approximate surface area is 121 Å². The van der Waals surface area contributed by atoms with Gasteiger partial charge in [-0.05, 0) is 26.8 Å². The van der Waals surface area contributed by atoms with Gasteiger partial charge in [0.2, 0.25) is 0 Å². The Kier molecular flexibility index (Phi) is 5.23. The van der Waals surface area contributed by atoms with Crippen molar-refractivity contribution in [3.05, 3.63) is 24.0 Å². The smallest absolute Gasteiger partial charge is 0.339 e. The van der Waals surface area contributed by atoms with Crippen molar-refractivity contribution in [2.75, 3.05) is 6.61 Å². The van der Waals surface area contributed by atoms with Crippen LogP contribution in [0.5, 0.6) is 5.75 Å². The SMILES string of the molecule is CC(C)(C)NC(=O)NC(=O)COc1cnccc1C(=O)O. The zero-order chi connectivity index (χ0) is 16.0. The van der Waals surface area contributed by atoms with Crippen LogP contribution in [0.4, 0.5) is 4.79 Å². The molecule has 0 radical (unpaired) electrons. The van der Waals surface area contributed by atoms with E-state index in [0.717, 1.165) is 0 Å². The number of aromatic nitrogens is 1. The van der Waals surface area contributed by atoms with Crippen molar-refractivity contribution in [1.82, 2.24) is 15.6 Å². The van der Waals surface area contributed by atoms with Crippen molar-refractivity contribution in [2.24, 2.45) is 0 Å². The summed E-state index contributed by atoms with van der Waals surface area (Å²) in [6, 6.07) is 0.600. The van der Waals surface area contributed by atoms with Crippen LogP contribution in [-0.2, 0) is 4.79 Å². The van der Waals surface area contributed by atoms with Gasteiger partial charge in [0.15, 0.2) is 12.4 Å². The normalized spacial score (nSPS) is 10.6. The van der Waals surface area contributed by atoms with Crippen molar-refractivity contribution in [3.8, 4) is 5.75 Å². The second-order valence-corrected chi connectivity index (χ2v) is 5.22. The van der Waals surface area contributed by atoms with E-state index in [1.165, 1.54) is 18.5 Å². The average Bonchev–Trinajstić information content (AvgIpc) is 2.34. The molecular formula is C13H17N3O5. The highest BCUT2D eigenvalue weighted by molar-refractivity contribution is 5.95. The van der Waals surface area contributed by atoms with E-state index in [0.29, 0.717) is 0 Å². The summed E-state index contributed by atoms with van der Waals surface area (Å²) in [5.41, 5.74) is -0.595. The molecule has 1 rings (SSSR count). The Bertz CT molecular complexity index is 551. The van der Waals surface area contributed by atoms with E-state index < -0.39 is 30.1 Å². The highest BCUT2D eigenvalue weighted by Crippen LogP contribution is 2.15. The van der Waals surface area contributed by atoms with Crippen molar-refractivity contribution < 1.29 is 24.2 Å². The van der Waals surface area contributed by atoms with Gasteiger partial charge in [-0.1, -0.05) is 0 Å². The third-order valence-electron chi connectivity index (χ3n) is 2.12. The second kappa shape index (κ2) is 6.69. The lowest BCUT2D eigenvalue weighted by molar-refractivity contribution is -0.122. The molecule has 0 aliphatic carbocycles. The van der Waals surface area contributed by atoms with Crippen molar-refractivity contribution in [3.63, 3.8) is 0 Å². The molecule has 1 heterocycles. The van der Waals surface area contributed by atoms with Gasteiger partial charge in [-0.15, -0.1) is 0 Å². The minimum absolute atomic E-state index is 0.0450. The van der Waals surface area contributed by atoms with Gasteiger partial charge in [-0.3, -0.25) is 15.1 Å². The maximum absolute atomic E-state index is 11.5. The number of carbonyl (C=O) groups is 3. The number of nitrogens with zero attached hydrogens (tertiary/aromatic N) is 1. The standard InChI is InChI=1S/C13H17N3O5/c1-13(2,3)16-12(20)15-10(17)7-21-9-6-14-5-4-8(9)11(18)19/h4-6H,7H2,1-3H3,(H,18,19)(H2,15,16,17,20). The molecule has 0 aromatic carbocycles. The highest BCUT2D eigenvalue weighted by atomic mass is 16.5. The van der Waals surface area contributed by atoms with Gasteiger partial charge < -0.3 is 15.2 Å². The summed E-state index contributed by atoms with van der Waals surface area (Å²) >= 11 is 0. The molecule has 0 saturated heterocycles. The fraction of sp³-hybridized carbons (Fsp3) is 0.385. The zero-order valence-corrected chi connectivity index (χ0v) is 12.0. The first-order valence-electron chi connectivity index (χ1n) is 6.11. The van der Waals surface area contributed by atoms with E-state index in [9.17, 15) is 14.4 Å². The number of nitrogens with one attached hydrogen (secondary N) is 2. The molecule has 3 amide bonds. The lowest BCUT2D eigenvalue weighted by Crippen LogP contribution is -2.49. The Balaban J connectivity index is 2.54. The number of pyridine rings is 1. The molecule has 0 saturated carbocycles. The number of hydrogen-bond acceptors (Lipinski definition) is 5. The molecule has 0 bridgehead atoms. The molecule has 0 unspecified atom stereocenters. The molecule has 8 heteroatoms. The van der Waals surface area contributed by atoms with E-state index in [1.807, 2.05) is 0 Å². The van der Waals surface area contributed by atoms with Crippen molar-refractivity contribution >= 4 is 17.9 Å². The summed E-state index contributed by atoms with van der Waals surface area (Å²) in [4.78, 5) is 37.6. The first kappa shape index (κ1) is 16.4. The second-order valence-electron chi connectivity index (χ2n) is 5.22. The molecule has 0 spiro atoms. The van der Waals surface area contributed by atoms with Crippen LogP contribution < -0.4 is 15.4 Å². The van der Waals surface area contributed by atoms with Crippen LogP contribution in [-0.4, -0.2) is 40.1 Å². The average molecular weight is 295 g/mol. The van der Waals surface area contributed by atoms with E-state index >= 15 is 0 Å². The van der Waals surface area contributed by atoms with Crippen LogP contribution in [0.15, 0.2) is 18.5 Å². The number of hydrogen-bond donors (Lipinski definition) is 3. The van der Waals surface area contributed by atoms with E-state index in [-0.39, 0.29) is 11.3 Å². The molecule has 0 fully saturated rings. The summed E-state index contributed by atoms with van der Waals surface area (Å²) in [6.45, 7) is 4.80. The number of imide groups is 1. The molecule has 1 aromatic rings. The van der Waals surface area contributed by atoms with E-state index in [4.69, 9.17) is 9.84 Å². The summed E-state index contributed by atoms with van der Waals surface area (Å²) in [5.74, 6) is -1.94. The predicted molar refractivity (Wildman–Crippen MR) is 73.1 cm³/mol. The Morgan fingerprint density at radius 3 is 2.57 bits per heavy atom. The number of amides is 3. The Morgan fingerprint density at radius 2 is 2.00 bits per heavy atom. The Hall–Kier alpha value is -2.64. The number of carboxylic acid groups (broad SMARTS) is 1. The summed E-state index contributed by atoms with van der Waals surface area (Å²) < 4.78 is 5.06. The third-order valence-corrected chi connectivity index (χ3v) is 2.12. The monoisotopic (exact) mass is 295 g/mol. The number of rotatable bonds is 4. The summed E-state index contributed by atoms with van der Waals surface area (Å²) in [6.07, 6.45) is 2.49. The van der Waals surface area contributed by atoms with Gasteiger partial charge in [0.05, 0.1) is 6.20 Å². The highest BCUT2D eigenvalue weighted by Gasteiger charge is 2.17. The van der Waals surface area contributed by atoms with Crippen LogP contribution in [0.1, 0.15) is 31.1 Å². The van der Waals surface area contributed by atoms with Gasteiger partial charge in [0.25, 0.3) is 5.91 Å². The van der Waals surface area contributed by atoms with Crippen molar-refractivity contribution in [2.45, 2.75) is 26.3 Å². The molecular weight excluding hydrogens is 278 g/mol. The Morgan fingerprint density at radius 1 is 1.33 bits per heavy atom. The van der Waals surface area contributed by atoms with Crippen molar-refractivity contribution in [1.29, 1.82) is 0 Å². The largest absolute Gasteiger partial charge is 0.481 e. The van der Waals surface area contributed by atoms with Crippen LogP contribution in [0, 0.1) is 0 Å². The van der Waals surface area contributed by atoms with Gasteiger partial charge in [-0.2, -0.15) is 0 Å². The first-order valence-corrected chi connectivity index (χ1v) is 6.11. The molecule has 8 nitrogen and oxygen atoms in total.